The first-order valence-electron chi connectivity index (χ1n) is 11.0. The van der Waals surface area contributed by atoms with Crippen LogP contribution in [0, 0.1) is 18.8 Å². The SMILES string of the molecule is Cc1ccc(NC(=O)CN2C(=O)[C@@H]3C4c5ccccc5C(Br)(c5ccccc54)[C@H]3C2=O)cc1. The lowest BCUT2D eigenvalue weighted by atomic mass is 9.55. The van der Waals surface area contributed by atoms with Gasteiger partial charge in [0.15, 0.2) is 0 Å². The monoisotopic (exact) mass is 500 g/mol. The van der Waals surface area contributed by atoms with Crippen molar-refractivity contribution in [1.82, 2.24) is 4.90 Å². The number of anilines is 1. The highest BCUT2D eigenvalue weighted by atomic mass is 79.9. The van der Waals surface area contributed by atoms with E-state index < -0.39 is 16.2 Å². The largest absolute Gasteiger partial charge is 0.325 e. The maximum atomic E-state index is 13.7. The summed E-state index contributed by atoms with van der Waals surface area (Å²) in [5.41, 5.74) is 5.92. The number of benzene rings is 3. The van der Waals surface area contributed by atoms with E-state index in [1.54, 1.807) is 0 Å². The summed E-state index contributed by atoms with van der Waals surface area (Å²) in [6.07, 6.45) is 0. The lowest BCUT2D eigenvalue weighted by Crippen LogP contribution is -2.50. The Kier molecular flexibility index (Phi) is 4.40. The molecule has 33 heavy (non-hydrogen) atoms. The lowest BCUT2D eigenvalue weighted by Gasteiger charge is -2.51. The molecule has 3 aromatic carbocycles. The second-order valence-corrected chi connectivity index (χ2v) is 10.3. The Balaban J connectivity index is 1.38. The Morgan fingerprint density at radius 2 is 1.48 bits per heavy atom. The Labute approximate surface area is 199 Å². The van der Waals surface area contributed by atoms with Crippen LogP contribution in [0.25, 0.3) is 0 Å². The number of nitrogens with one attached hydrogen (secondary N) is 1. The van der Waals surface area contributed by atoms with Crippen molar-refractivity contribution in [2.24, 2.45) is 11.8 Å². The minimum atomic E-state index is -0.797. The molecule has 7 rings (SSSR count). The predicted octanol–water partition coefficient (Wildman–Crippen LogP) is 4.33. The molecule has 1 saturated heterocycles. The maximum Gasteiger partial charge on any atom is 0.244 e. The Morgan fingerprint density at radius 3 is 2.09 bits per heavy atom. The van der Waals surface area contributed by atoms with Gasteiger partial charge in [-0.25, -0.2) is 0 Å². The van der Waals surface area contributed by atoms with E-state index in [0.717, 1.165) is 32.7 Å². The van der Waals surface area contributed by atoms with Gasteiger partial charge in [-0.2, -0.15) is 0 Å². The summed E-state index contributed by atoms with van der Waals surface area (Å²) >= 11 is 3.96. The molecule has 1 N–H and O–H groups in total. The number of rotatable bonds is 3. The summed E-state index contributed by atoms with van der Waals surface area (Å²) < 4.78 is -0.797. The molecule has 164 valence electrons. The highest BCUT2D eigenvalue weighted by molar-refractivity contribution is 9.09. The van der Waals surface area contributed by atoms with Crippen molar-refractivity contribution >= 4 is 39.3 Å². The van der Waals surface area contributed by atoms with Crippen LogP contribution in [-0.4, -0.2) is 29.2 Å². The number of carbonyl (C=O) groups excluding carboxylic acids is 3. The van der Waals surface area contributed by atoms with Crippen LogP contribution in [-0.2, 0) is 18.7 Å². The minimum absolute atomic E-state index is 0.205. The van der Waals surface area contributed by atoms with Crippen LogP contribution in [0.4, 0.5) is 5.69 Å². The lowest BCUT2D eigenvalue weighted by molar-refractivity contribution is -0.142. The number of carbonyl (C=O) groups is 3. The fourth-order valence-corrected chi connectivity index (χ4v) is 7.08. The molecule has 6 heteroatoms. The molecule has 3 aliphatic carbocycles. The Bertz CT molecular complexity index is 1290. The minimum Gasteiger partial charge on any atom is -0.325 e. The highest BCUT2D eigenvalue weighted by Gasteiger charge is 2.67. The van der Waals surface area contributed by atoms with Crippen LogP contribution in [0.3, 0.4) is 0 Å². The number of imide groups is 1. The molecule has 0 radical (unpaired) electrons. The summed E-state index contributed by atoms with van der Waals surface area (Å²) in [6.45, 7) is 1.68. The Hall–Kier alpha value is -3.25. The molecule has 3 aromatic rings. The van der Waals surface area contributed by atoms with Crippen molar-refractivity contribution in [1.29, 1.82) is 0 Å². The van der Waals surface area contributed by atoms with E-state index in [0.29, 0.717) is 5.69 Å². The van der Waals surface area contributed by atoms with Crippen LogP contribution < -0.4 is 5.32 Å². The number of hydrogen-bond acceptors (Lipinski definition) is 3. The van der Waals surface area contributed by atoms with Gasteiger partial charge in [-0.05, 0) is 41.3 Å². The molecule has 4 aliphatic rings. The zero-order valence-corrected chi connectivity index (χ0v) is 19.5. The van der Waals surface area contributed by atoms with Crippen LogP contribution >= 0.6 is 15.9 Å². The predicted molar refractivity (Wildman–Crippen MR) is 128 cm³/mol. The Morgan fingerprint density at radius 1 is 0.909 bits per heavy atom. The van der Waals surface area contributed by atoms with Crippen molar-refractivity contribution in [3.63, 3.8) is 0 Å². The number of aryl methyl sites for hydroxylation is 1. The molecule has 3 amide bonds. The molecule has 2 bridgehead atoms. The molecular formula is C27H21BrN2O3. The van der Waals surface area contributed by atoms with Gasteiger partial charge in [0.25, 0.3) is 0 Å². The van der Waals surface area contributed by atoms with Gasteiger partial charge in [-0.3, -0.25) is 19.3 Å². The summed E-state index contributed by atoms with van der Waals surface area (Å²) in [5, 5.41) is 2.80. The molecule has 1 aliphatic heterocycles. The number of amides is 3. The second kappa shape index (κ2) is 7.12. The fraction of sp³-hybridized carbons (Fsp3) is 0.222. The molecule has 1 fully saturated rings. The van der Waals surface area contributed by atoms with E-state index in [-0.39, 0.29) is 30.2 Å². The first-order valence-corrected chi connectivity index (χ1v) is 11.8. The molecular weight excluding hydrogens is 480 g/mol. The highest BCUT2D eigenvalue weighted by Crippen LogP contribution is 2.66. The quantitative estimate of drug-likeness (QED) is 0.429. The topological polar surface area (TPSA) is 66.5 Å². The molecule has 2 atom stereocenters. The van der Waals surface area contributed by atoms with Crippen molar-refractivity contribution < 1.29 is 14.4 Å². The van der Waals surface area contributed by atoms with Crippen LogP contribution in [0.2, 0.25) is 0 Å². The third kappa shape index (κ3) is 2.73. The van der Waals surface area contributed by atoms with Gasteiger partial charge in [-0.1, -0.05) is 82.2 Å². The zero-order chi connectivity index (χ0) is 22.9. The second-order valence-electron chi connectivity index (χ2n) is 9.04. The van der Waals surface area contributed by atoms with Crippen molar-refractivity contribution in [3.8, 4) is 0 Å². The molecule has 5 nitrogen and oxygen atoms in total. The average molecular weight is 501 g/mol. The van der Waals surface area contributed by atoms with Crippen LogP contribution in [0.5, 0.6) is 0 Å². The van der Waals surface area contributed by atoms with Crippen LogP contribution in [0.15, 0.2) is 72.8 Å². The number of hydrogen-bond donors (Lipinski definition) is 1. The first kappa shape index (κ1) is 20.4. The molecule has 0 unspecified atom stereocenters. The van der Waals surface area contributed by atoms with Crippen molar-refractivity contribution in [2.75, 3.05) is 11.9 Å². The van der Waals surface area contributed by atoms with Crippen molar-refractivity contribution in [3.05, 3.63) is 101 Å². The van der Waals surface area contributed by atoms with E-state index in [1.165, 1.54) is 0 Å². The smallest absolute Gasteiger partial charge is 0.244 e. The van der Waals surface area contributed by atoms with Crippen LogP contribution in [0.1, 0.15) is 33.7 Å². The van der Waals surface area contributed by atoms with Gasteiger partial charge in [-0.15, -0.1) is 0 Å². The van der Waals surface area contributed by atoms with Gasteiger partial charge >= 0.3 is 0 Å². The fourth-order valence-electron chi connectivity index (χ4n) is 5.88. The summed E-state index contributed by atoms with van der Waals surface area (Å²) in [5.74, 6) is -2.29. The van der Waals surface area contributed by atoms with E-state index in [9.17, 15) is 14.4 Å². The molecule has 1 heterocycles. The third-order valence-corrected chi connectivity index (χ3v) is 8.59. The number of likely N-dealkylation sites (tertiary alicyclic amines) is 1. The average Bonchev–Trinajstić information content (AvgIpc) is 3.07. The van der Waals surface area contributed by atoms with Gasteiger partial charge in [0.1, 0.15) is 6.54 Å². The summed E-state index contributed by atoms with van der Waals surface area (Å²) in [7, 11) is 0. The summed E-state index contributed by atoms with van der Waals surface area (Å²) in [6, 6.07) is 23.5. The van der Waals surface area contributed by atoms with E-state index in [4.69, 9.17) is 0 Å². The van der Waals surface area contributed by atoms with Gasteiger partial charge in [0.05, 0.1) is 16.2 Å². The third-order valence-electron chi connectivity index (χ3n) is 7.24. The number of nitrogens with zero attached hydrogens (tertiary/aromatic N) is 1. The summed E-state index contributed by atoms with van der Waals surface area (Å²) in [4.78, 5) is 41.3. The molecule has 0 aromatic heterocycles. The molecule has 0 saturated carbocycles. The van der Waals surface area contributed by atoms with Gasteiger partial charge < -0.3 is 5.32 Å². The van der Waals surface area contributed by atoms with Gasteiger partial charge in [0.2, 0.25) is 17.7 Å². The first-order chi connectivity index (χ1) is 15.9. The van der Waals surface area contributed by atoms with Crippen molar-refractivity contribution in [2.45, 2.75) is 17.2 Å². The van der Waals surface area contributed by atoms with E-state index >= 15 is 0 Å². The molecule has 0 spiro atoms. The van der Waals surface area contributed by atoms with E-state index in [1.807, 2.05) is 79.7 Å². The number of halogens is 1. The van der Waals surface area contributed by atoms with Gasteiger partial charge in [0, 0.05) is 11.6 Å². The number of alkyl halides is 1. The van der Waals surface area contributed by atoms with E-state index in [2.05, 4.69) is 21.2 Å². The zero-order valence-electron chi connectivity index (χ0n) is 17.9. The standard InChI is InChI=1S/C27H21BrN2O3/c1-15-10-12-16(13-11-15)29-21(31)14-30-25(32)23-22-17-6-2-4-8-19(17)27(28,24(23)26(30)33)20-9-5-3-7-18(20)22/h2-13,22-24H,14H2,1H3,(H,29,31)/t22?,23-,24-,27?/m1/s1. The normalized spacial score (nSPS) is 26.6. The maximum absolute atomic E-state index is 13.7.